The Labute approximate surface area is 196 Å². The number of hydrogen-bond donors (Lipinski definition) is 2. The molecule has 3 aromatic rings. The first-order chi connectivity index (χ1) is 15.4. The van der Waals surface area contributed by atoms with Gasteiger partial charge in [0.1, 0.15) is 34.4 Å². The molecule has 0 bridgehead atoms. The third kappa shape index (κ3) is 4.27. The fourth-order valence-corrected chi connectivity index (χ4v) is 5.70. The highest BCUT2D eigenvalue weighted by molar-refractivity contribution is 7.99. The normalized spacial score (nSPS) is 24.1. The number of nitrogens with two attached hydrogens (primary N) is 1. The molecule has 3 N–H and O–H groups in total. The lowest BCUT2D eigenvalue weighted by Gasteiger charge is -2.39. The molecule has 4 heterocycles. The van der Waals surface area contributed by atoms with E-state index in [0.717, 1.165) is 5.03 Å². The minimum atomic E-state index is -2.33. The van der Waals surface area contributed by atoms with Gasteiger partial charge in [-0.1, -0.05) is 20.8 Å². The van der Waals surface area contributed by atoms with Crippen LogP contribution >= 0.6 is 11.8 Å². The Morgan fingerprint density at radius 3 is 2.67 bits per heavy atom. The Morgan fingerprint density at radius 2 is 2.06 bits per heavy atom. The van der Waals surface area contributed by atoms with Gasteiger partial charge in [0, 0.05) is 7.05 Å². The summed E-state index contributed by atoms with van der Waals surface area (Å²) in [5.74, 6) is 0.233. The van der Waals surface area contributed by atoms with E-state index in [2.05, 4.69) is 40.8 Å². The van der Waals surface area contributed by atoms with Gasteiger partial charge in [0.2, 0.25) is 0 Å². The van der Waals surface area contributed by atoms with E-state index in [4.69, 9.17) is 14.9 Å². The number of halogens is 1. The quantitative estimate of drug-likeness (QED) is 0.496. The number of hydrogen-bond acceptors (Lipinski definition) is 9. The first-order valence-electron chi connectivity index (χ1n) is 10.7. The van der Waals surface area contributed by atoms with Crippen molar-refractivity contribution in [2.75, 3.05) is 12.3 Å². The highest BCUT2D eigenvalue weighted by Crippen LogP contribution is 2.43. The predicted octanol–water partition coefficient (Wildman–Crippen LogP) is 2.91. The van der Waals surface area contributed by atoms with Crippen LogP contribution in [0.1, 0.15) is 27.0 Å². The van der Waals surface area contributed by atoms with Gasteiger partial charge >= 0.3 is 0 Å². The van der Waals surface area contributed by atoms with E-state index < -0.39 is 32.9 Å². The van der Waals surface area contributed by atoms with Crippen molar-refractivity contribution in [3.05, 3.63) is 18.9 Å². The van der Waals surface area contributed by atoms with Crippen LogP contribution < -0.4 is 5.73 Å². The minimum Gasteiger partial charge on any atom is -0.408 e. The lowest BCUT2D eigenvalue weighted by atomic mass is 10.1. The highest BCUT2D eigenvalue weighted by atomic mass is 32.2. The van der Waals surface area contributed by atoms with E-state index in [1.54, 1.807) is 12.5 Å². The monoisotopic (exact) mass is 495 g/mol. The summed E-state index contributed by atoms with van der Waals surface area (Å²) in [6, 6.07) is 0. The number of aliphatic hydroxyl groups excluding tert-OH is 1. The molecule has 0 unspecified atom stereocenters. The highest BCUT2D eigenvalue weighted by Gasteiger charge is 2.52. The van der Waals surface area contributed by atoms with Crippen LogP contribution in [0, 0.1) is 0 Å². The summed E-state index contributed by atoms with van der Waals surface area (Å²) in [7, 11) is -0.466. The van der Waals surface area contributed by atoms with E-state index >= 15 is 4.39 Å². The van der Waals surface area contributed by atoms with Gasteiger partial charge in [-0.2, -0.15) is 5.10 Å². The van der Waals surface area contributed by atoms with Crippen molar-refractivity contribution in [3.8, 4) is 0 Å². The van der Waals surface area contributed by atoms with Crippen molar-refractivity contribution >= 4 is 36.9 Å². The van der Waals surface area contributed by atoms with Crippen molar-refractivity contribution in [2.45, 2.75) is 73.6 Å². The summed E-state index contributed by atoms with van der Waals surface area (Å²) in [4.78, 5) is 12.5. The molecule has 0 saturated carbocycles. The number of aromatic nitrogens is 6. The lowest BCUT2D eigenvalue weighted by molar-refractivity contribution is -0.0497. The molecule has 0 aliphatic carbocycles. The summed E-state index contributed by atoms with van der Waals surface area (Å²) in [6.45, 7) is 9.95. The zero-order valence-corrected chi connectivity index (χ0v) is 21.4. The number of ether oxygens (including phenoxy) is 1. The van der Waals surface area contributed by atoms with Crippen molar-refractivity contribution in [1.29, 1.82) is 0 Å². The van der Waals surface area contributed by atoms with Gasteiger partial charge < -0.3 is 24.6 Å². The van der Waals surface area contributed by atoms with Crippen molar-refractivity contribution in [2.24, 2.45) is 7.05 Å². The molecule has 1 saturated heterocycles. The number of imidazole rings is 1. The first-order valence-corrected chi connectivity index (χ1v) is 14.4. The average molecular weight is 496 g/mol. The Balaban J connectivity index is 1.73. The van der Waals surface area contributed by atoms with Crippen LogP contribution in [0.2, 0.25) is 18.1 Å². The third-order valence-electron chi connectivity index (χ3n) is 6.38. The summed E-state index contributed by atoms with van der Waals surface area (Å²) in [6.07, 6.45) is 0.236. The molecule has 180 valence electrons. The molecule has 1 aliphatic rings. The Kier molecular flexibility index (Phi) is 6.29. The Morgan fingerprint density at radius 1 is 1.33 bits per heavy atom. The van der Waals surface area contributed by atoms with Gasteiger partial charge in [-0.3, -0.25) is 0 Å². The maximum absolute atomic E-state index is 15.9. The second kappa shape index (κ2) is 8.62. The van der Waals surface area contributed by atoms with Crippen LogP contribution in [-0.2, 0) is 16.2 Å². The first kappa shape index (κ1) is 24.1. The molecule has 4 rings (SSSR count). The number of aliphatic hydroxyl groups is 1. The van der Waals surface area contributed by atoms with Crippen molar-refractivity contribution in [1.82, 2.24) is 29.3 Å². The largest absolute Gasteiger partial charge is 0.408 e. The predicted molar refractivity (Wildman–Crippen MR) is 125 cm³/mol. The molecule has 0 amide bonds. The van der Waals surface area contributed by atoms with E-state index in [9.17, 15) is 5.11 Å². The van der Waals surface area contributed by atoms with Gasteiger partial charge in [0.15, 0.2) is 26.4 Å². The Bertz CT molecular complexity index is 1150. The Hall–Kier alpha value is -2.06. The van der Waals surface area contributed by atoms with Gasteiger partial charge in [-0.15, -0.1) is 0 Å². The molecule has 4 atom stereocenters. The van der Waals surface area contributed by atoms with E-state index in [-0.39, 0.29) is 17.5 Å². The van der Waals surface area contributed by atoms with E-state index in [1.807, 2.05) is 24.7 Å². The van der Waals surface area contributed by atoms with Crippen molar-refractivity contribution in [3.63, 3.8) is 0 Å². The van der Waals surface area contributed by atoms with E-state index in [0.29, 0.717) is 16.1 Å². The smallest absolute Gasteiger partial charge is 0.192 e. The zero-order valence-electron chi connectivity index (χ0n) is 19.6. The van der Waals surface area contributed by atoms with Gasteiger partial charge in [0.05, 0.1) is 24.5 Å². The number of aryl methyl sites for hydroxylation is 1. The molecular formula is C20H30FN7O3SSi. The summed E-state index contributed by atoms with van der Waals surface area (Å²) < 4.78 is 31.4. The number of nitrogens with zero attached hydrogens (tertiary/aromatic N) is 6. The maximum Gasteiger partial charge on any atom is 0.192 e. The molecule has 10 nitrogen and oxygen atoms in total. The second-order valence-electron chi connectivity index (χ2n) is 9.69. The van der Waals surface area contributed by atoms with Crippen LogP contribution in [0.25, 0.3) is 11.0 Å². The topological polar surface area (TPSA) is 126 Å². The fourth-order valence-electron chi connectivity index (χ4n) is 3.45. The molecule has 1 fully saturated rings. The average Bonchev–Trinajstić information content (AvgIpc) is 3.39. The molecule has 0 spiro atoms. The molecule has 1 aliphatic heterocycles. The van der Waals surface area contributed by atoms with E-state index in [1.165, 1.54) is 22.8 Å². The third-order valence-corrected chi connectivity index (χ3v) is 11.9. The SMILES string of the molecule is Cn1cncc1Sc1nn([C@@H]2O[C@H](CO)[C@@H](O[Si](C)(C)C(C)(C)C)[C@@H]2F)c2ncnc(N)c12. The molecule has 0 radical (unpaired) electrons. The molecule has 3 aromatic heterocycles. The zero-order chi connectivity index (χ0) is 24.1. The van der Waals surface area contributed by atoms with Gasteiger partial charge in [-0.05, 0) is 29.9 Å². The number of anilines is 1. The summed E-state index contributed by atoms with van der Waals surface area (Å²) in [5, 5.41) is 16.3. The fraction of sp³-hybridized carbons (Fsp3) is 0.600. The summed E-state index contributed by atoms with van der Waals surface area (Å²) >= 11 is 1.32. The number of rotatable bonds is 6. The van der Waals surface area contributed by atoms with Gasteiger partial charge in [-0.25, -0.2) is 24.0 Å². The van der Waals surface area contributed by atoms with Crippen LogP contribution in [-0.4, -0.2) is 67.7 Å². The number of alkyl halides is 1. The summed E-state index contributed by atoms with van der Waals surface area (Å²) in [5.41, 5.74) is 6.50. The molecule has 0 aromatic carbocycles. The van der Waals surface area contributed by atoms with Crippen LogP contribution in [0.4, 0.5) is 10.2 Å². The van der Waals surface area contributed by atoms with Crippen LogP contribution in [0.3, 0.4) is 0 Å². The van der Waals surface area contributed by atoms with Crippen molar-refractivity contribution < 1.29 is 18.7 Å². The van der Waals surface area contributed by atoms with Crippen LogP contribution in [0.5, 0.6) is 0 Å². The van der Waals surface area contributed by atoms with Crippen LogP contribution in [0.15, 0.2) is 28.9 Å². The lowest BCUT2D eigenvalue weighted by Crippen LogP contribution is -2.49. The minimum absolute atomic E-state index is 0.127. The molecule has 33 heavy (non-hydrogen) atoms. The maximum atomic E-state index is 15.9. The number of nitrogen functional groups attached to an aromatic ring is 1. The molecular weight excluding hydrogens is 465 g/mol. The molecule has 13 heteroatoms. The number of fused-ring (bicyclic) bond motifs is 1. The van der Waals surface area contributed by atoms with Gasteiger partial charge in [0.25, 0.3) is 0 Å². The standard InChI is InChI=1S/C20H30FN7O3SSi/c1-20(2,3)33(5,6)31-15-11(8-29)30-19(14(15)21)28-17-13(16(22)24-9-25-17)18(26-28)32-12-7-23-10-27(12)4/h7,9-11,14-15,19,29H,8H2,1-6H3,(H2,22,24,25)/t11-,14+,15-,19-/m1/s1. The second-order valence-corrected chi connectivity index (χ2v) is 15.5.